The molecule has 0 atom stereocenters. The van der Waals surface area contributed by atoms with Gasteiger partial charge in [0.1, 0.15) is 10.1 Å². The van der Waals surface area contributed by atoms with Crippen LogP contribution in [0.1, 0.15) is 6.92 Å². The Labute approximate surface area is 70.8 Å². The van der Waals surface area contributed by atoms with Gasteiger partial charge in [-0.2, -0.15) is 0 Å². The van der Waals surface area contributed by atoms with Crippen molar-refractivity contribution in [1.82, 2.24) is 0 Å². The number of hydrogen-bond donors (Lipinski definition) is 0. The van der Waals surface area contributed by atoms with Crippen molar-refractivity contribution in [3.05, 3.63) is 11.5 Å². The Morgan fingerprint density at radius 2 is 1.88 bits per heavy atom. The Bertz CT molecular complexity index is 157. The molecule has 0 heterocycles. The minimum absolute atomic E-state index is 0. The molecular formula is C3H5NaO3S. The minimum atomic E-state index is -4.10. The van der Waals surface area contributed by atoms with Gasteiger partial charge < -0.3 is 4.55 Å². The van der Waals surface area contributed by atoms with Gasteiger partial charge in [-0.05, 0) is 6.92 Å². The average Bonchev–Trinajstić information content (AvgIpc) is 1.30. The summed E-state index contributed by atoms with van der Waals surface area (Å²) >= 11 is 0. The van der Waals surface area contributed by atoms with E-state index in [4.69, 9.17) is 0 Å². The minimum Gasteiger partial charge on any atom is -0.744 e. The number of rotatable bonds is 1. The SMILES string of the molecule is CC=CS(=O)(=O)[O-].[Na+]. The van der Waals surface area contributed by atoms with Gasteiger partial charge in [0.2, 0.25) is 0 Å². The summed E-state index contributed by atoms with van der Waals surface area (Å²) in [6.07, 6.45) is 1.18. The topological polar surface area (TPSA) is 57.2 Å². The van der Waals surface area contributed by atoms with Crippen molar-refractivity contribution < 1.29 is 42.5 Å². The van der Waals surface area contributed by atoms with Crippen LogP contribution in [0.5, 0.6) is 0 Å². The zero-order chi connectivity index (χ0) is 5.91. The third-order valence-electron chi connectivity index (χ3n) is 0.303. The summed E-state index contributed by atoms with van der Waals surface area (Å²) in [5.41, 5.74) is 0. The molecule has 42 valence electrons. The van der Waals surface area contributed by atoms with Crippen molar-refractivity contribution in [1.29, 1.82) is 0 Å². The van der Waals surface area contributed by atoms with E-state index in [-0.39, 0.29) is 29.6 Å². The van der Waals surface area contributed by atoms with Crippen molar-refractivity contribution in [2.45, 2.75) is 6.92 Å². The van der Waals surface area contributed by atoms with E-state index >= 15 is 0 Å². The zero-order valence-corrected chi connectivity index (χ0v) is 7.60. The molecule has 0 amide bonds. The van der Waals surface area contributed by atoms with Crippen molar-refractivity contribution in [2.75, 3.05) is 0 Å². The maximum atomic E-state index is 9.59. The van der Waals surface area contributed by atoms with Crippen molar-refractivity contribution in [2.24, 2.45) is 0 Å². The monoisotopic (exact) mass is 144 g/mol. The summed E-state index contributed by atoms with van der Waals surface area (Å²) in [7, 11) is -4.10. The van der Waals surface area contributed by atoms with E-state index in [1.165, 1.54) is 13.0 Å². The summed E-state index contributed by atoms with van der Waals surface area (Å²) in [4.78, 5) is 0. The molecule has 0 N–H and O–H groups in total. The molecule has 0 aliphatic rings. The molecule has 0 rings (SSSR count). The molecule has 3 nitrogen and oxygen atoms in total. The second-order valence-electron chi connectivity index (χ2n) is 0.962. The molecule has 0 fully saturated rings. The van der Waals surface area contributed by atoms with E-state index in [0.29, 0.717) is 5.41 Å². The first-order chi connectivity index (χ1) is 3.06. The molecule has 0 aromatic rings. The molecule has 5 heteroatoms. The van der Waals surface area contributed by atoms with E-state index in [1.807, 2.05) is 0 Å². The molecule has 0 aromatic heterocycles. The zero-order valence-electron chi connectivity index (χ0n) is 4.79. The summed E-state index contributed by atoms with van der Waals surface area (Å²) in [5.74, 6) is 0. The van der Waals surface area contributed by atoms with E-state index in [9.17, 15) is 13.0 Å². The van der Waals surface area contributed by atoms with Crippen LogP contribution in [0, 0.1) is 0 Å². The fraction of sp³-hybridized carbons (Fsp3) is 0.333. The Balaban J connectivity index is 0. The van der Waals surface area contributed by atoms with Crippen LogP contribution in [0.15, 0.2) is 11.5 Å². The first-order valence-electron chi connectivity index (χ1n) is 1.65. The molecule has 0 spiro atoms. The summed E-state index contributed by atoms with van der Waals surface area (Å²) in [5, 5.41) is 0.604. The number of allylic oxidation sites excluding steroid dienone is 1. The van der Waals surface area contributed by atoms with Gasteiger partial charge >= 0.3 is 29.6 Å². The predicted molar refractivity (Wildman–Crippen MR) is 24.5 cm³/mol. The van der Waals surface area contributed by atoms with Gasteiger partial charge in [-0.1, -0.05) is 6.08 Å². The molecule has 0 aromatic carbocycles. The van der Waals surface area contributed by atoms with Crippen molar-refractivity contribution in [3.63, 3.8) is 0 Å². The van der Waals surface area contributed by atoms with Gasteiger partial charge in [0.05, 0.1) is 0 Å². The molecule has 0 aliphatic carbocycles. The summed E-state index contributed by atoms with van der Waals surface area (Å²) in [6, 6.07) is 0. The second-order valence-corrected chi connectivity index (χ2v) is 2.22. The molecule has 0 bridgehead atoms. The van der Waals surface area contributed by atoms with Crippen molar-refractivity contribution >= 4 is 10.1 Å². The second kappa shape index (κ2) is 4.52. The van der Waals surface area contributed by atoms with Gasteiger partial charge in [-0.25, -0.2) is 8.42 Å². The van der Waals surface area contributed by atoms with E-state index < -0.39 is 10.1 Å². The van der Waals surface area contributed by atoms with Crippen LogP contribution >= 0.6 is 0 Å². The largest absolute Gasteiger partial charge is 1.00 e. The average molecular weight is 144 g/mol. The van der Waals surface area contributed by atoms with Gasteiger partial charge in [0.25, 0.3) is 0 Å². The fourth-order valence-corrected chi connectivity index (χ4v) is 0.500. The fourth-order valence-electron chi connectivity index (χ4n) is 0.167. The Morgan fingerprint density at radius 3 is 1.88 bits per heavy atom. The smallest absolute Gasteiger partial charge is 0.744 e. The van der Waals surface area contributed by atoms with Gasteiger partial charge in [0.15, 0.2) is 0 Å². The van der Waals surface area contributed by atoms with Gasteiger partial charge in [-0.3, -0.25) is 0 Å². The molecular weight excluding hydrogens is 139 g/mol. The predicted octanol–water partition coefficient (Wildman–Crippen LogP) is -2.93. The first-order valence-corrected chi connectivity index (χ1v) is 3.12. The van der Waals surface area contributed by atoms with Crippen LogP contribution in [0.4, 0.5) is 0 Å². The third kappa shape index (κ3) is 9.82. The van der Waals surface area contributed by atoms with E-state index in [1.54, 1.807) is 0 Å². The molecule has 0 saturated carbocycles. The van der Waals surface area contributed by atoms with Crippen LogP contribution < -0.4 is 29.6 Å². The maximum absolute atomic E-state index is 9.59. The van der Waals surface area contributed by atoms with Gasteiger partial charge in [-0.15, -0.1) is 0 Å². The van der Waals surface area contributed by atoms with Crippen LogP contribution in [0.2, 0.25) is 0 Å². The molecule has 0 radical (unpaired) electrons. The van der Waals surface area contributed by atoms with Crippen LogP contribution in [-0.2, 0) is 10.1 Å². The standard InChI is InChI=1S/C3H6O3S.Na/c1-2-3-7(4,5)6;/h2-3H,1H3,(H,4,5,6);/q;+1/p-1. The molecule has 0 saturated heterocycles. The van der Waals surface area contributed by atoms with E-state index in [0.717, 1.165) is 0 Å². The van der Waals surface area contributed by atoms with Gasteiger partial charge in [0, 0.05) is 5.41 Å². The Hall–Kier alpha value is 0.650. The molecule has 0 unspecified atom stereocenters. The van der Waals surface area contributed by atoms with Crippen LogP contribution in [0.3, 0.4) is 0 Å². The van der Waals surface area contributed by atoms with Crippen molar-refractivity contribution in [3.8, 4) is 0 Å². The third-order valence-corrected chi connectivity index (χ3v) is 0.908. The Kier molecular flexibility index (Phi) is 6.47. The van der Waals surface area contributed by atoms with Crippen LogP contribution in [0.25, 0.3) is 0 Å². The maximum Gasteiger partial charge on any atom is 1.00 e. The molecule has 8 heavy (non-hydrogen) atoms. The Morgan fingerprint density at radius 1 is 1.50 bits per heavy atom. The van der Waals surface area contributed by atoms with E-state index in [2.05, 4.69) is 0 Å². The normalized spacial score (nSPS) is 11.2. The summed E-state index contributed by atoms with van der Waals surface area (Å²) < 4.78 is 28.8. The quantitative estimate of drug-likeness (QED) is 0.292. The number of hydrogen-bond acceptors (Lipinski definition) is 3. The first kappa shape index (κ1) is 11.4. The molecule has 0 aliphatic heterocycles. The van der Waals surface area contributed by atoms with Crippen LogP contribution in [-0.4, -0.2) is 13.0 Å². The summed E-state index contributed by atoms with van der Waals surface area (Å²) in [6.45, 7) is 1.47.